The maximum Gasteiger partial charge on any atom is 0.262 e. The van der Waals surface area contributed by atoms with Gasteiger partial charge in [0.15, 0.2) is 0 Å². The number of rotatable bonds is 3. The van der Waals surface area contributed by atoms with E-state index < -0.39 is 36.7 Å². The second-order valence-electron chi connectivity index (χ2n) is 4.34. The molecule has 1 unspecified atom stereocenters. The molecule has 2 N–H and O–H groups in total. The number of halogens is 3. The van der Waals surface area contributed by atoms with Gasteiger partial charge in [-0.25, -0.2) is 13.2 Å². The van der Waals surface area contributed by atoms with Crippen LogP contribution in [0, 0.1) is 5.82 Å². The molecule has 98 valence electrons. The second-order valence-corrected chi connectivity index (χ2v) is 4.34. The summed E-state index contributed by atoms with van der Waals surface area (Å²) in [5.74, 6) is -3.72. The van der Waals surface area contributed by atoms with Crippen LogP contribution in [-0.2, 0) is 11.3 Å². The number of amides is 1. The Bertz CT molecular complexity index is 451. The molecule has 1 aromatic rings. The zero-order chi connectivity index (χ0) is 13.2. The van der Waals surface area contributed by atoms with E-state index in [-0.39, 0.29) is 6.54 Å². The topological polar surface area (TPSA) is 41.1 Å². The van der Waals surface area contributed by atoms with Gasteiger partial charge in [0.25, 0.3) is 5.92 Å². The lowest BCUT2D eigenvalue weighted by atomic mass is 10.1. The summed E-state index contributed by atoms with van der Waals surface area (Å²) in [6, 6.07) is 4.88. The summed E-state index contributed by atoms with van der Waals surface area (Å²) in [5, 5.41) is 4.96. The molecule has 1 heterocycles. The van der Waals surface area contributed by atoms with Crippen LogP contribution in [0.15, 0.2) is 24.3 Å². The maximum atomic E-state index is 12.9. The molecule has 0 bridgehead atoms. The van der Waals surface area contributed by atoms with Crippen LogP contribution in [0.5, 0.6) is 0 Å². The van der Waals surface area contributed by atoms with E-state index in [1.807, 2.05) is 0 Å². The first kappa shape index (κ1) is 12.9. The highest BCUT2D eigenvalue weighted by Crippen LogP contribution is 2.25. The summed E-state index contributed by atoms with van der Waals surface area (Å²) in [6.07, 6.45) is -0.498. The molecular formula is C12H13F3N2O. The van der Waals surface area contributed by atoms with Crippen molar-refractivity contribution in [2.45, 2.75) is 24.9 Å². The Hall–Kier alpha value is -1.56. The molecule has 2 rings (SSSR count). The van der Waals surface area contributed by atoms with Crippen LogP contribution in [0.2, 0.25) is 0 Å². The monoisotopic (exact) mass is 258 g/mol. The highest BCUT2D eigenvalue weighted by Gasteiger charge is 2.42. The van der Waals surface area contributed by atoms with Gasteiger partial charge in [-0.15, -0.1) is 0 Å². The van der Waals surface area contributed by atoms with Crippen molar-refractivity contribution < 1.29 is 18.0 Å². The standard InChI is InChI=1S/C12H13F3N2O/c13-9-3-1-2-8(4-9)6-16-11(18)10-5-12(14,15)7-17-10/h1-4,10,17H,5-7H2,(H,16,18). The van der Waals surface area contributed by atoms with E-state index in [4.69, 9.17) is 0 Å². The third-order valence-electron chi connectivity index (χ3n) is 2.78. The van der Waals surface area contributed by atoms with Gasteiger partial charge in [-0.2, -0.15) is 0 Å². The van der Waals surface area contributed by atoms with Gasteiger partial charge in [0.1, 0.15) is 5.82 Å². The Balaban J connectivity index is 1.86. The van der Waals surface area contributed by atoms with E-state index in [0.717, 1.165) is 0 Å². The van der Waals surface area contributed by atoms with Gasteiger partial charge in [0.2, 0.25) is 5.91 Å². The van der Waals surface area contributed by atoms with Crippen LogP contribution in [-0.4, -0.2) is 24.4 Å². The highest BCUT2D eigenvalue weighted by atomic mass is 19.3. The first-order chi connectivity index (χ1) is 8.46. The predicted molar refractivity (Wildman–Crippen MR) is 59.6 cm³/mol. The fourth-order valence-corrected chi connectivity index (χ4v) is 1.86. The quantitative estimate of drug-likeness (QED) is 0.861. The van der Waals surface area contributed by atoms with Gasteiger partial charge in [-0.1, -0.05) is 12.1 Å². The van der Waals surface area contributed by atoms with Gasteiger partial charge >= 0.3 is 0 Å². The number of nitrogens with one attached hydrogen (secondary N) is 2. The average molecular weight is 258 g/mol. The number of hydrogen-bond acceptors (Lipinski definition) is 2. The predicted octanol–water partition coefficient (Wildman–Crippen LogP) is 1.44. The molecule has 1 aliphatic heterocycles. The van der Waals surface area contributed by atoms with Crippen LogP contribution in [0.25, 0.3) is 0 Å². The molecule has 3 nitrogen and oxygen atoms in total. The molecule has 1 aromatic carbocycles. The molecule has 0 aliphatic carbocycles. The van der Waals surface area contributed by atoms with Crippen LogP contribution < -0.4 is 10.6 Å². The van der Waals surface area contributed by atoms with Gasteiger partial charge in [0, 0.05) is 13.0 Å². The number of carbonyl (C=O) groups excluding carboxylic acids is 1. The van der Waals surface area contributed by atoms with Gasteiger partial charge in [-0.05, 0) is 17.7 Å². The smallest absolute Gasteiger partial charge is 0.262 e. The lowest BCUT2D eigenvalue weighted by Crippen LogP contribution is -2.40. The highest BCUT2D eigenvalue weighted by molar-refractivity contribution is 5.82. The van der Waals surface area contributed by atoms with Crippen LogP contribution in [0.4, 0.5) is 13.2 Å². The van der Waals surface area contributed by atoms with E-state index >= 15 is 0 Å². The van der Waals surface area contributed by atoms with Crippen molar-refractivity contribution in [3.05, 3.63) is 35.6 Å². The Labute approximate surface area is 102 Å². The number of benzene rings is 1. The van der Waals surface area contributed by atoms with Crippen molar-refractivity contribution in [2.75, 3.05) is 6.54 Å². The normalized spacial score (nSPS) is 21.8. The molecule has 0 aromatic heterocycles. The van der Waals surface area contributed by atoms with E-state index in [1.54, 1.807) is 6.07 Å². The summed E-state index contributed by atoms with van der Waals surface area (Å²) in [5.41, 5.74) is 0.591. The van der Waals surface area contributed by atoms with Crippen LogP contribution in [0.3, 0.4) is 0 Å². The molecule has 0 radical (unpaired) electrons. The fourth-order valence-electron chi connectivity index (χ4n) is 1.86. The molecule has 0 spiro atoms. The molecule has 1 amide bonds. The van der Waals surface area contributed by atoms with E-state index in [9.17, 15) is 18.0 Å². The molecule has 1 atom stereocenters. The van der Waals surface area contributed by atoms with Gasteiger partial charge < -0.3 is 5.32 Å². The molecule has 1 saturated heterocycles. The van der Waals surface area contributed by atoms with Crippen LogP contribution in [0.1, 0.15) is 12.0 Å². The average Bonchev–Trinajstić information content (AvgIpc) is 2.67. The summed E-state index contributed by atoms with van der Waals surface area (Å²) < 4.78 is 38.6. The van der Waals surface area contributed by atoms with Crippen molar-refractivity contribution in [1.29, 1.82) is 0 Å². The fraction of sp³-hybridized carbons (Fsp3) is 0.417. The van der Waals surface area contributed by atoms with Crippen molar-refractivity contribution in [1.82, 2.24) is 10.6 Å². The van der Waals surface area contributed by atoms with Crippen molar-refractivity contribution in [3.63, 3.8) is 0 Å². The van der Waals surface area contributed by atoms with Gasteiger partial charge in [-0.3, -0.25) is 10.1 Å². The minimum absolute atomic E-state index is 0.125. The first-order valence-corrected chi connectivity index (χ1v) is 5.60. The minimum Gasteiger partial charge on any atom is -0.351 e. The zero-order valence-electron chi connectivity index (χ0n) is 9.55. The third-order valence-corrected chi connectivity index (χ3v) is 2.78. The summed E-state index contributed by atoms with van der Waals surface area (Å²) in [6.45, 7) is -0.356. The Morgan fingerprint density at radius 2 is 2.28 bits per heavy atom. The van der Waals surface area contributed by atoms with Gasteiger partial charge in [0.05, 0.1) is 12.6 Å². The third kappa shape index (κ3) is 3.22. The largest absolute Gasteiger partial charge is 0.351 e. The minimum atomic E-state index is -2.83. The lowest BCUT2D eigenvalue weighted by Gasteiger charge is -2.11. The second kappa shape index (κ2) is 4.97. The molecule has 6 heteroatoms. The summed E-state index contributed by atoms with van der Waals surface area (Å²) in [4.78, 5) is 11.6. The van der Waals surface area contributed by atoms with E-state index in [2.05, 4.69) is 10.6 Å². The molecule has 1 aliphatic rings. The Kier molecular flexibility index (Phi) is 3.56. The Morgan fingerprint density at radius 3 is 2.89 bits per heavy atom. The number of alkyl halides is 2. The van der Waals surface area contributed by atoms with E-state index in [0.29, 0.717) is 5.56 Å². The summed E-state index contributed by atoms with van der Waals surface area (Å²) in [7, 11) is 0. The molecule has 0 saturated carbocycles. The first-order valence-electron chi connectivity index (χ1n) is 5.60. The lowest BCUT2D eigenvalue weighted by molar-refractivity contribution is -0.123. The van der Waals surface area contributed by atoms with E-state index in [1.165, 1.54) is 18.2 Å². The van der Waals surface area contributed by atoms with Crippen LogP contribution >= 0.6 is 0 Å². The number of carbonyl (C=O) groups is 1. The van der Waals surface area contributed by atoms with Crippen molar-refractivity contribution >= 4 is 5.91 Å². The number of hydrogen-bond donors (Lipinski definition) is 2. The molecule has 1 fully saturated rings. The molecular weight excluding hydrogens is 245 g/mol. The summed E-state index contributed by atoms with van der Waals surface area (Å²) >= 11 is 0. The Morgan fingerprint density at radius 1 is 1.50 bits per heavy atom. The molecule has 18 heavy (non-hydrogen) atoms. The zero-order valence-corrected chi connectivity index (χ0v) is 9.55. The maximum absolute atomic E-state index is 12.9. The van der Waals surface area contributed by atoms with Crippen molar-refractivity contribution in [2.24, 2.45) is 0 Å². The SMILES string of the molecule is O=C(NCc1cccc(F)c1)C1CC(F)(F)CN1. The van der Waals surface area contributed by atoms with Crippen molar-refractivity contribution in [3.8, 4) is 0 Å².